The average molecular weight is 252 g/mol. The van der Waals surface area contributed by atoms with Gasteiger partial charge in [-0.1, -0.05) is 30.3 Å². The molecule has 3 rings (SSSR count). The summed E-state index contributed by atoms with van der Waals surface area (Å²) < 4.78 is 8.03. The van der Waals surface area contributed by atoms with E-state index in [2.05, 4.69) is 24.0 Å². The summed E-state index contributed by atoms with van der Waals surface area (Å²) in [5.41, 5.74) is 3.01. The van der Waals surface area contributed by atoms with Gasteiger partial charge in [0.25, 0.3) is 0 Å². The molecule has 2 heterocycles. The highest BCUT2D eigenvalue weighted by molar-refractivity contribution is 5.54. The van der Waals surface area contributed by atoms with E-state index in [1.807, 2.05) is 54.0 Å². The lowest BCUT2D eigenvalue weighted by Gasteiger charge is -2.15. The summed E-state index contributed by atoms with van der Waals surface area (Å²) in [4.78, 5) is 4.50. The Labute approximate surface area is 112 Å². The van der Waals surface area contributed by atoms with Crippen molar-refractivity contribution in [3.05, 3.63) is 66.1 Å². The number of hydrogen-bond acceptors (Lipinski definition) is 2. The Bertz CT molecular complexity index is 688. The first-order chi connectivity index (χ1) is 9.24. The van der Waals surface area contributed by atoms with Gasteiger partial charge in [0, 0.05) is 12.4 Å². The van der Waals surface area contributed by atoms with Crippen molar-refractivity contribution < 1.29 is 4.74 Å². The van der Waals surface area contributed by atoms with Crippen LogP contribution in [0.4, 0.5) is 0 Å². The van der Waals surface area contributed by atoms with Crippen LogP contribution in [-0.2, 0) is 0 Å². The molecule has 0 radical (unpaired) electrons. The molecule has 0 aliphatic carbocycles. The molecule has 0 saturated carbocycles. The fraction of sp³-hybridized carbons (Fsp3) is 0.188. The van der Waals surface area contributed by atoms with Gasteiger partial charge >= 0.3 is 0 Å². The third kappa shape index (κ3) is 2.32. The van der Waals surface area contributed by atoms with Crippen molar-refractivity contribution in [1.29, 1.82) is 0 Å². The van der Waals surface area contributed by atoms with Crippen molar-refractivity contribution in [3.63, 3.8) is 0 Å². The fourth-order valence-corrected chi connectivity index (χ4v) is 2.18. The first kappa shape index (κ1) is 11.8. The first-order valence-electron chi connectivity index (χ1n) is 6.40. The molecular formula is C16H16N2O. The molecule has 19 heavy (non-hydrogen) atoms. The van der Waals surface area contributed by atoms with Gasteiger partial charge in [0.05, 0.1) is 5.69 Å². The van der Waals surface area contributed by atoms with Gasteiger partial charge in [-0.25, -0.2) is 4.98 Å². The van der Waals surface area contributed by atoms with E-state index in [1.54, 1.807) is 0 Å². The Morgan fingerprint density at radius 3 is 2.68 bits per heavy atom. The van der Waals surface area contributed by atoms with Crippen LogP contribution in [0.25, 0.3) is 5.65 Å². The van der Waals surface area contributed by atoms with Crippen LogP contribution >= 0.6 is 0 Å². The summed E-state index contributed by atoms with van der Waals surface area (Å²) in [6, 6.07) is 14.1. The number of pyridine rings is 1. The van der Waals surface area contributed by atoms with Crippen molar-refractivity contribution in [2.24, 2.45) is 0 Å². The highest BCUT2D eigenvalue weighted by Crippen LogP contribution is 2.25. The summed E-state index contributed by atoms with van der Waals surface area (Å²) in [6.45, 7) is 4.03. The molecule has 0 N–H and O–H groups in total. The van der Waals surface area contributed by atoms with Crippen LogP contribution in [-0.4, -0.2) is 9.38 Å². The number of fused-ring (bicyclic) bond motifs is 1. The molecule has 0 spiro atoms. The van der Waals surface area contributed by atoms with E-state index in [-0.39, 0.29) is 6.10 Å². The maximum atomic E-state index is 6.04. The SMILES string of the molecule is Cc1cn2cccc(OC(C)c3ccccc3)c2n1. The third-order valence-corrected chi connectivity index (χ3v) is 3.14. The van der Waals surface area contributed by atoms with E-state index in [9.17, 15) is 0 Å². The van der Waals surface area contributed by atoms with Gasteiger partial charge in [0.2, 0.25) is 0 Å². The van der Waals surface area contributed by atoms with Crippen LogP contribution in [0.2, 0.25) is 0 Å². The minimum absolute atomic E-state index is 0.00408. The fourth-order valence-electron chi connectivity index (χ4n) is 2.18. The molecule has 3 aromatic rings. The number of aromatic nitrogens is 2. The summed E-state index contributed by atoms with van der Waals surface area (Å²) >= 11 is 0. The molecule has 2 aromatic heterocycles. The number of rotatable bonds is 3. The van der Waals surface area contributed by atoms with E-state index >= 15 is 0 Å². The normalized spacial score (nSPS) is 12.5. The van der Waals surface area contributed by atoms with Crippen molar-refractivity contribution >= 4 is 5.65 Å². The molecule has 0 fully saturated rings. The van der Waals surface area contributed by atoms with Crippen molar-refractivity contribution in [3.8, 4) is 5.75 Å². The second-order valence-corrected chi connectivity index (χ2v) is 4.66. The summed E-state index contributed by atoms with van der Waals surface area (Å²) in [5, 5.41) is 0. The second kappa shape index (κ2) is 4.76. The quantitative estimate of drug-likeness (QED) is 0.709. The van der Waals surface area contributed by atoms with E-state index in [4.69, 9.17) is 4.74 Å². The lowest BCUT2D eigenvalue weighted by molar-refractivity contribution is 0.228. The van der Waals surface area contributed by atoms with Crippen molar-refractivity contribution in [2.45, 2.75) is 20.0 Å². The molecular weight excluding hydrogens is 236 g/mol. The van der Waals surface area contributed by atoms with Crippen LogP contribution in [0.15, 0.2) is 54.9 Å². The minimum atomic E-state index is 0.00408. The Balaban J connectivity index is 1.93. The number of ether oxygens (including phenoxy) is 1. The van der Waals surface area contributed by atoms with Crippen molar-refractivity contribution in [1.82, 2.24) is 9.38 Å². The molecule has 0 aliphatic rings. The highest BCUT2D eigenvalue weighted by atomic mass is 16.5. The molecule has 1 atom stereocenters. The molecule has 3 nitrogen and oxygen atoms in total. The van der Waals surface area contributed by atoms with Crippen LogP contribution < -0.4 is 4.74 Å². The molecule has 1 aromatic carbocycles. The number of nitrogens with zero attached hydrogens (tertiary/aromatic N) is 2. The molecule has 1 unspecified atom stereocenters. The smallest absolute Gasteiger partial charge is 0.179 e. The van der Waals surface area contributed by atoms with Gasteiger partial charge < -0.3 is 9.14 Å². The van der Waals surface area contributed by atoms with Crippen molar-refractivity contribution in [2.75, 3.05) is 0 Å². The predicted octanol–water partition coefficient (Wildman–Crippen LogP) is 3.78. The maximum Gasteiger partial charge on any atom is 0.179 e. The molecule has 0 aliphatic heterocycles. The lowest BCUT2D eigenvalue weighted by Crippen LogP contribution is -2.04. The standard InChI is InChI=1S/C16H16N2O/c1-12-11-18-10-6-9-15(16(18)17-12)19-13(2)14-7-4-3-5-8-14/h3-11,13H,1-2H3. The van der Waals surface area contributed by atoms with Gasteiger partial charge in [0.1, 0.15) is 6.10 Å². The zero-order valence-corrected chi connectivity index (χ0v) is 11.1. The zero-order chi connectivity index (χ0) is 13.2. The lowest BCUT2D eigenvalue weighted by atomic mass is 10.1. The Kier molecular flexibility index (Phi) is 2.95. The van der Waals surface area contributed by atoms with Gasteiger partial charge in [0.15, 0.2) is 11.4 Å². The second-order valence-electron chi connectivity index (χ2n) is 4.66. The Morgan fingerprint density at radius 2 is 1.89 bits per heavy atom. The van der Waals surface area contributed by atoms with Crippen LogP contribution in [0, 0.1) is 6.92 Å². The van der Waals surface area contributed by atoms with Crippen LogP contribution in [0.3, 0.4) is 0 Å². The molecule has 0 bridgehead atoms. The number of benzene rings is 1. The first-order valence-corrected chi connectivity index (χ1v) is 6.40. The van der Waals surface area contributed by atoms with Gasteiger partial charge in [-0.05, 0) is 31.5 Å². The number of hydrogen-bond donors (Lipinski definition) is 0. The molecule has 3 heteroatoms. The molecule has 0 saturated heterocycles. The Morgan fingerprint density at radius 1 is 1.11 bits per heavy atom. The van der Waals surface area contributed by atoms with E-state index in [1.165, 1.54) is 0 Å². The van der Waals surface area contributed by atoms with E-state index in [0.717, 1.165) is 22.7 Å². The zero-order valence-electron chi connectivity index (χ0n) is 11.1. The summed E-state index contributed by atoms with van der Waals surface area (Å²) in [6.07, 6.45) is 3.98. The molecule has 0 amide bonds. The Hall–Kier alpha value is -2.29. The monoisotopic (exact) mass is 252 g/mol. The average Bonchev–Trinajstić information content (AvgIpc) is 2.81. The van der Waals surface area contributed by atoms with Crippen LogP contribution in [0.5, 0.6) is 5.75 Å². The van der Waals surface area contributed by atoms with Gasteiger partial charge in [-0.2, -0.15) is 0 Å². The highest BCUT2D eigenvalue weighted by Gasteiger charge is 2.10. The largest absolute Gasteiger partial charge is 0.482 e. The maximum absolute atomic E-state index is 6.04. The third-order valence-electron chi connectivity index (χ3n) is 3.14. The predicted molar refractivity (Wildman–Crippen MR) is 75.4 cm³/mol. The minimum Gasteiger partial charge on any atom is -0.482 e. The van der Waals surface area contributed by atoms with Crippen LogP contribution in [0.1, 0.15) is 24.3 Å². The van der Waals surface area contributed by atoms with E-state index in [0.29, 0.717) is 0 Å². The van der Waals surface area contributed by atoms with Gasteiger partial charge in [-0.3, -0.25) is 0 Å². The van der Waals surface area contributed by atoms with E-state index < -0.39 is 0 Å². The molecule has 96 valence electrons. The topological polar surface area (TPSA) is 26.5 Å². The number of aryl methyl sites for hydroxylation is 1. The summed E-state index contributed by atoms with van der Waals surface area (Å²) in [7, 11) is 0. The van der Waals surface area contributed by atoms with Gasteiger partial charge in [-0.15, -0.1) is 0 Å². The summed E-state index contributed by atoms with van der Waals surface area (Å²) in [5.74, 6) is 0.812. The number of imidazole rings is 1.